The molecule has 0 radical (unpaired) electrons. The largest absolute Gasteiger partial charge is 0.450 e. The maximum absolute atomic E-state index is 13.4. The standard InChI is InChI=1S/C21H29N5O4/c1-2-30-21(29)26-10-8-25(9-11-26)20(28)17-14-24(12-15-6-4-3-5-7-15)13-16-18(17)22-23-19(16)27/h3-7,16-18,22H,2,8-14H2,1H3,(H,23,27). The summed E-state index contributed by atoms with van der Waals surface area (Å²) in [6.07, 6.45) is -0.330. The molecule has 4 rings (SSSR count). The van der Waals surface area contributed by atoms with Crippen LogP contribution in [-0.4, -0.2) is 84.5 Å². The third kappa shape index (κ3) is 4.27. The van der Waals surface area contributed by atoms with Crippen molar-refractivity contribution in [2.75, 3.05) is 45.9 Å². The molecule has 162 valence electrons. The summed E-state index contributed by atoms with van der Waals surface area (Å²) in [5.74, 6) is -0.587. The number of nitrogens with zero attached hydrogens (tertiary/aromatic N) is 3. The van der Waals surface area contributed by atoms with Crippen molar-refractivity contribution in [1.29, 1.82) is 0 Å². The number of rotatable bonds is 4. The van der Waals surface area contributed by atoms with E-state index in [0.717, 1.165) is 5.56 Å². The van der Waals surface area contributed by atoms with E-state index < -0.39 is 0 Å². The molecular weight excluding hydrogens is 386 g/mol. The molecule has 0 saturated carbocycles. The Morgan fingerprint density at radius 3 is 2.47 bits per heavy atom. The van der Waals surface area contributed by atoms with Crippen LogP contribution in [0.4, 0.5) is 4.79 Å². The van der Waals surface area contributed by atoms with Crippen molar-refractivity contribution in [2.45, 2.75) is 19.5 Å². The van der Waals surface area contributed by atoms with E-state index in [0.29, 0.717) is 52.4 Å². The van der Waals surface area contributed by atoms with Gasteiger partial charge in [-0.3, -0.25) is 19.9 Å². The molecule has 1 aromatic rings. The van der Waals surface area contributed by atoms with Gasteiger partial charge in [-0.1, -0.05) is 30.3 Å². The van der Waals surface area contributed by atoms with Crippen LogP contribution in [0.2, 0.25) is 0 Å². The number of amides is 3. The van der Waals surface area contributed by atoms with Gasteiger partial charge in [0.05, 0.1) is 24.5 Å². The molecule has 3 atom stereocenters. The summed E-state index contributed by atoms with van der Waals surface area (Å²) < 4.78 is 5.05. The molecule has 0 spiro atoms. The lowest BCUT2D eigenvalue weighted by Crippen LogP contribution is -2.59. The zero-order chi connectivity index (χ0) is 21.1. The second-order valence-corrected chi connectivity index (χ2v) is 8.06. The highest BCUT2D eigenvalue weighted by Gasteiger charge is 2.48. The zero-order valence-corrected chi connectivity index (χ0v) is 17.3. The topological polar surface area (TPSA) is 94.2 Å². The molecule has 0 aliphatic carbocycles. The van der Waals surface area contributed by atoms with Crippen LogP contribution in [0.15, 0.2) is 30.3 Å². The van der Waals surface area contributed by atoms with E-state index in [1.54, 1.807) is 11.8 Å². The molecule has 3 heterocycles. The van der Waals surface area contributed by atoms with Crippen LogP contribution in [0.3, 0.4) is 0 Å². The van der Waals surface area contributed by atoms with E-state index in [9.17, 15) is 14.4 Å². The summed E-state index contributed by atoms with van der Waals surface area (Å²) in [6.45, 7) is 5.92. The molecule has 3 saturated heterocycles. The van der Waals surface area contributed by atoms with Crippen molar-refractivity contribution in [3.63, 3.8) is 0 Å². The predicted molar refractivity (Wildman–Crippen MR) is 109 cm³/mol. The Balaban J connectivity index is 1.42. The highest BCUT2D eigenvalue weighted by molar-refractivity contribution is 5.86. The second-order valence-electron chi connectivity index (χ2n) is 8.06. The number of hydrazine groups is 1. The van der Waals surface area contributed by atoms with Gasteiger partial charge in [0, 0.05) is 45.8 Å². The molecule has 3 unspecified atom stereocenters. The first kappa shape index (κ1) is 20.6. The van der Waals surface area contributed by atoms with Gasteiger partial charge >= 0.3 is 6.09 Å². The summed E-state index contributed by atoms with van der Waals surface area (Å²) in [5.41, 5.74) is 6.93. The molecule has 2 N–H and O–H groups in total. The van der Waals surface area contributed by atoms with Gasteiger partial charge in [-0.25, -0.2) is 10.2 Å². The first-order chi connectivity index (χ1) is 14.6. The van der Waals surface area contributed by atoms with Crippen LogP contribution < -0.4 is 10.9 Å². The lowest BCUT2D eigenvalue weighted by Gasteiger charge is -2.42. The third-order valence-corrected chi connectivity index (χ3v) is 6.16. The second kappa shape index (κ2) is 9.01. The number of likely N-dealkylation sites (tertiary alicyclic amines) is 1. The number of piperidine rings is 1. The quantitative estimate of drug-likeness (QED) is 0.721. The Morgan fingerprint density at radius 1 is 1.07 bits per heavy atom. The van der Waals surface area contributed by atoms with E-state index in [2.05, 4.69) is 27.9 Å². The molecule has 1 aromatic carbocycles. The smallest absolute Gasteiger partial charge is 0.409 e. The van der Waals surface area contributed by atoms with Gasteiger partial charge in [-0.2, -0.15) is 0 Å². The first-order valence-corrected chi connectivity index (χ1v) is 10.6. The van der Waals surface area contributed by atoms with E-state index in [1.165, 1.54) is 0 Å². The van der Waals surface area contributed by atoms with Gasteiger partial charge in [0.1, 0.15) is 0 Å². The Morgan fingerprint density at radius 2 is 1.77 bits per heavy atom. The molecule has 3 aliphatic heterocycles. The molecule has 0 bridgehead atoms. The van der Waals surface area contributed by atoms with Gasteiger partial charge in [-0.05, 0) is 12.5 Å². The number of piperazine rings is 1. The summed E-state index contributed by atoms with van der Waals surface area (Å²) in [6, 6.07) is 9.89. The summed E-state index contributed by atoms with van der Waals surface area (Å²) in [7, 11) is 0. The predicted octanol–water partition coefficient (Wildman–Crippen LogP) is 0.0383. The van der Waals surface area contributed by atoms with Crippen LogP contribution in [0.5, 0.6) is 0 Å². The van der Waals surface area contributed by atoms with Crippen molar-refractivity contribution in [1.82, 2.24) is 25.6 Å². The van der Waals surface area contributed by atoms with Crippen molar-refractivity contribution in [2.24, 2.45) is 11.8 Å². The summed E-state index contributed by atoms with van der Waals surface area (Å²) >= 11 is 0. The number of fused-ring (bicyclic) bond motifs is 1. The Bertz CT molecular complexity index is 781. The van der Waals surface area contributed by atoms with Crippen LogP contribution in [0.25, 0.3) is 0 Å². The zero-order valence-electron chi connectivity index (χ0n) is 17.3. The van der Waals surface area contributed by atoms with Crippen LogP contribution in [-0.2, 0) is 20.9 Å². The number of carbonyl (C=O) groups excluding carboxylic acids is 3. The Kier molecular flexibility index (Phi) is 6.19. The van der Waals surface area contributed by atoms with Gasteiger partial charge in [-0.15, -0.1) is 0 Å². The van der Waals surface area contributed by atoms with Crippen molar-refractivity contribution in [3.8, 4) is 0 Å². The van der Waals surface area contributed by atoms with E-state index >= 15 is 0 Å². The van der Waals surface area contributed by atoms with Crippen molar-refractivity contribution in [3.05, 3.63) is 35.9 Å². The highest BCUT2D eigenvalue weighted by atomic mass is 16.6. The third-order valence-electron chi connectivity index (χ3n) is 6.16. The van der Waals surface area contributed by atoms with Crippen LogP contribution in [0.1, 0.15) is 12.5 Å². The first-order valence-electron chi connectivity index (χ1n) is 10.6. The Labute approximate surface area is 176 Å². The number of hydrogen-bond acceptors (Lipinski definition) is 6. The Hall–Kier alpha value is -2.65. The minimum atomic E-state index is -0.330. The fourth-order valence-corrected chi connectivity index (χ4v) is 4.59. The van der Waals surface area contributed by atoms with Crippen LogP contribution in [0, 0.1) is 11.8 Å². The van der Waals surface area contributed by atoms with Crippen molar-refractivity contribution < 1.29 is 19.1 Å². The van der Waals surface area contributed by atoms with Gasteiger partial charge in [0.25, 0.3) is 0 Å². The maximum atomic E-state index is 13.4. The molecular formula is C21H29N5O4. The molecule has 3 amide bonds. The molecule has 9 heteroatoms. The maximum Gasteiger partial charge on any atom is 0.409 e. The highest BCUT2D eigenvalue weighted by Crippen LogP contribution is 2.28. The summed E-state index contributed by atoms with van der Waals surface area (Å²) in [5, 5.41) is 0. The van der Waals surface area contributed by atoms with E-state index in [-0.39, 0.29) is 35.8 Å². The normalized spacial score (nSPS) is 26.8. The molecule has 3 fully saturated rings. The lowest BCUT2D eigenvalue weighted by atomic mass is 9.83. The number of hydrogen-bond donors (Lipinski definition) is 2. The van der Waals surface area contributed by atoms with E-state index in [1.807, 2.05) is 23.1 Å². The van der Waals surface area contributed by atoms with Gasteiger partial charge in [0.15, 0.2) is 0 Å². The molecule has 0 aromatic heterocycles. The van der Waals surface area contributed by atoms with Gasteiger partial charge < -0.3 is 14.5 Å². The fourth-order valence-electron chi connectivity index (χ4n) is 4.59. The van der Waals surface area contributed by atoms with E-state index in [4.69, 9.17) is 4.74 Å². The average molecular weight is 415 g/mol. The lowest BCUT2D eigenvalue weighted by molar-refractivity contribution is -0.141. The minimum Gasteiger partial charge on any atom is -0.450 e. The number of nitrogens with one attached hydrogen (secondary N) is 2. The monoisotopic (exact) mass is 415 g/mol. The summed E-state index contributed by atoms with van der Waals surface area (Å²) in [4.78, 5) is 43.3. The molecule has 3 aliphatic rings. The number of benzene rings is 1. The molecule has 9 nitrogen and oxygen atoms in total. The average Bonchev–Trinajstić information content (AvgIpc) is 3.14. The van der Waals surface area contributed by atoms with Crippen molar-refractivity contribution >= 4 is 17.9 Å². The van der Waals surface area contributed by atoms with Gasteiger partial charge in [0.2, 0.25) is 11.8 Å². The molecule has 30 heavy (non-hydrogen) atoms. The van der Waals surface area contributed by atoms with Crippen LogP contribution >= 0.6 is 0 Å². The number of carbonyl (C=O) groups is 3. The SMILES string of the molecule is CCOC(=O)N1CCN(C(=O)C2CN(Cc3ccccc3)CC3C(=O)NNC32)CC1. The minimum absolute atomic E-state index is 0.0373. The fraction of sp³-hybridized carbons (Fsp3) is 0.571. The number of ether oxygens (including phenoxy) is 1.